The zero-order chi connectivity index (χ0) is 17.2. The molecule has 0 saturated carbocycles. The van der Waals surface area contributed by atoms with Gasteiger partial charge in [-0.3, -0.25) is 4.79 Å². The molecule has 7 nitrogen and oxygen atoms in total. The van der Waals surface area contributed by atoms with Crippen molar-refractivity contribution in [3.05, 3.63) is 60.4 Å². The summed E-state index contributed by atoms with van der Waals surface area (Å²) in [5.74, 6) is 0.708. The third kappa shape index (κ3) is 3.45. The van der Waals surface area contributed by atoms with Crippen molar-refractivity contribution in [2.24, 2.45) is 0 Å². The monoisotopic (exact) mass is 322 g/mol. The second-order valence-electron chi connectivity index (χ2n) is 6.38. The summed E-state index contributed by atoms with van der Waals surface area (Å²) in [5, 5.41) is 6.77. The number of benzene rings is 1. The van der Waals surface area contributed by atoms with Crippen molar-refractivity contribution in [1.29, 1.82) is 0 Å². The highest BCUT2D eigenvalue weighted by atomic mass is 16.1. The largest absolute Gasteiger partial charge is 0.306 e. The van der Waals surface area contributed by atoms with Crippen LogP contribution in [0.3, 0.4) is 0 Å². The van der Waals surface area contributed by atoms with Crippen LogP contribution >= 0.6 is 0 Å². The molecule has 0 unspecified atom stereocenters. The highest BCUT2D eigenvalue weighted by molar-refractivity contribution is 6.03. The molecule has 0 atom stereocenters. The highest BCUT2D eigenvalue weighted by Gasteiger charge is 2.14. The van der Waals surface area contributed by atoms with Crippen LogP contribution in [0.2, 0.25) is 0 Å². The van der Waals surface area contributed by atoms with E-state index in [0.717, 1.165) is 0 Å². The quantitative estimate of drug-likeness (QED) is 0.801. The Hall–Kier alpha value is -3.09. The van der Waals surface area contributed by atoms with Crippen molar-refractivity contribution >= 4 is 11.7 Å². The maximum Gasteiger partial charge on any atom is 0.256 e. The van der Waals surface area contributed by atoms with E-state index in [-0.39, 0.29) is 11.3 Å². The van der Waals surface area contributed by atoms with Gasteiger partial charge >= 0.3 is 0 Å². The Bertz CT molecular complexity index is 834. The Kier molecular flexibility index (Phi) is 4.07. The molecule has 2 heterocycles. The summed E-state index contributed by atoms with van der Waals surface area (Å²) < 4.78 is 1.50. The molecule has 3 rings (SSSR count). The second kappa shape index (κ2) is 6.19. The van der Waals surface area contributed by atoms with E-state index in [1.165, 1.54) is 29.2 Å². The predicted octanol–water partition coefficient (Wildman–Crippen LogP) is 2.61. The Balaban J connectivity index is 1.76. The fourth-order valence-electron chi connectivity index (χ4n) is 2.18. The SMILES string of the molecule is CC(C)(C)c1ccc(C(=O)Nc2cc(-n3cncn3)ncn2)cc1. The standard InChI is InChI=1S/C17H18N6O/c1-17(2,3)13-6-4-12(5-7-13)16(24)22-14-8-15(20-10-19-14)23-11-18-9-21-23/h4-11H,1-3H3,(H,19,20,22,24). The van der Waals surface area contributed by atoms with Crippen molar-refractivity contribution in [2.45, 2.75) is 26.2 Å². The Morgan fingerprint density at radius 3 is 2.46 bits per heavy atom. The molecule has 3 aromatic rings. The van der Waals surface area contributed by atoms with E-state index in [1.807, 2.05) is 24.3 Å². The first-order valence-electron chi connectivity index (χ1n) is 7.52. The summed E-state index contributed by atoms with van der Waals surface area (Å²) in [6.45, 7) is 6.40. The fraction of sp³-hybridized carbons (Fsp3) is 0.235. The number of nitrogens with zero attached hydrogens (tertiary/aromatic N) is 5. The summed E-state index contributed by atoms with van der Waals surface area (Å²) in [6.07, 6.45) is 4.31. The van der Waals surface area contributed by atoms with Crippen molar-refractivity contribution in [3.63, 3.8) is 0 Å². The second-order valence-corrected chi connectivity index (χ2v) is 6.38. The van der Waals surface area contributed by atoms with E-state index in [9.17, 15) is 4.79 Å². The van der Waals surface area contributed by atoms with E-state index in [4.69, 9.17) is 0 Å². The van der Waals surface area contributed by atoms with Crippen LogP contribution in [-0.4, -0.2) is 30.6 Å². The van der Waals surface area contributed by atoms with E-state index in [1.54, 1.807) is 6.07 Å². The average Bonchev–Trinajstić information content (AvgIpc) is 3.09. The third-order valence-corrected chi connectivity index (χ3v) is 3.56. The fourth-order valence-corrected chi connectivity index (χ4v) is 2.18. The van der Waals surface area contributed by atoms with Gasteiger partial charge in [0, 0.05) is 11.6 Å². The minimum Gasteiger partial charge on any atom is -0.306 e. The van der Waals surface area contributed by atoms with Crippen LogP contribution in [0.5, 0.6) is 0 Å². The summed E-state index contributed by atoms with van der Waals surface area (Å²) in [5.41, 5.74) is 1.80. The minimum absolute atomic E-state index is 0.0500. The maximum absolute atomic E-state index is 12.4. The molecule has 0 saturated heterocycles. The van der Waals surface area contributed by atoms with Crippen LogP contribution < -0.4 is 5.32 Å². The van der Waals surface area contributed by atoms with Gasteiger partial charge in [-0.1, -0.05) is 32.9 Å². The van der Waals surface area contributed by atoms with E-state index in [2.05, 4.69) is 46.1 Å². The molecule has 1 amide bonds. The van der Waals surface area contributed by atoms with Gasteiger partial charge in [-0.2, -0.15) is 5.10 Å². The van der Waals surface area contributed by atoms with Gasteiger partial charge in [0.1, 0.15) is 24.8 Å². The normalized spacial score (nSPS) is 11.3. The van der Waals surface area contributed by atoms with Crippen molar-refractivity contribution < 1.29 is 4.79 Å². The van der Waals surface area contributed by atoms with E-state index >= 15 is 0 Å². The first-order valence-corrected chi connectivity index (χ1v) is 7.52. The van der Waals surface area contributed by atoms with Gasteiger partial charge < -0.3 is 5.32 Å². The minimum atomic E-state index is -0.223. The molecule has 24 heavy (non-hydrogen) atoms. The molecule has 0 fully saturated rings. The van der Waals surface area contributed by atoms with E-state index in [0.29, 0.717) is 17.2 Å². The lowest BCUT2D eigenvalue weighted by Crippen LogP contribution is -2.15. The Morgan fingerprint density at radius 2 is 1.83 bits per heavy atom. The van der Waals surface area contributed by atoms with Gasteiger partial charge in [-0.25, -0.2) is 19.6 Å². The number of carbonyl (C=O) groups is 1. The van der Waals surface area contributed by atoms with Gasteiger partial charge in [-0.15, -0.1) is 0 Å². The molecule has 7 heteroatoms. The number of anilines is 1. The number of rotatable bonds is 3. The zero-order valence-electron chi connectivity index (χ0n) is 13.8. The number of nitrogens with one attached hydrogen (secondary N) is 1. The van der Waals surface area contributed by atoms with Crippen LogP contribution in [0.15, 0.2) is 49.3 Å². The molecule has 1 aromatic carbocycles. The molecule has 0 aliphatic heterocycles. The summed E-state index contributed by atoms with van der Waals surface area (Å²) in [4.78, 5) is 24.4. The van der Waals surface area contributed by atoms with Crippen molar-refractivity contribution in [1.82, 2.24) is 24.7 Å². The van der Waals surface area contributed by atoms with Crippen LogP contribution in [-0.2, 0) is 5.41 Å². The van der Waals surface area contributed by atoms with Crippen molar-refractivity contribution in [2.75, 3.05) is 5.32 Å². The molecule has 2 aromatic heterocycles. The first kappa shape index (κ1) is 15.8. The Morgan fingerprint density at radius 1 is 1.08 bits per heavy atom. The molecule has 122 valence electrons. The van der Waals surface area contributed by atoms with Gasteiger partial charge in [0.25, 0.3) is 5.91 Å². The molecule has 0 aliphatic carbocycles. The van der Waals surface area contributed by atoms with Crippen LogP contribution in [0.25, 0.3) is 5.82 Å². The van der Waals surface area contributed by atoms with Crippen LogP contribution in [0.1, 0.15) is 36.7 Å². The number of carbonyl (C=O) groups excluding carboxylic acids is 1. The Labute approximate surface area is 139 Å². The number of hydrogen-bond acceptors (Lipinski definition) is 5. The number of aromatic nitrogens is 5. The highest BCUT2D eigenvalue weighted by Crippen LogP contribution is 2.22. The summed E-state index contributed by atoms with van der Waals surface area (Å²) in [6, 6.07) is 9.20. The predicted molar refractivity (Wildman–Crippen MR) is 90.0 cm³/mol. The van der Waals surface area contributed by atoms with Gasteiger partial charge in [0.15, 0.2) is 5.82 Å². The number of hydrogen-bond donors (Lipinski definition) is 1. The van der Waals surface area contributed by atoms with Gasteiger partial charge in [0.05, 0.1) is 0 Å². The molecule has 0 bridgehead atoms. The molecule has 0 aliphatic rings. The van der Waals surface area contributed by atoms with Crippen molar-refractivity contribution in [3.8, 4) is 5.82 Å². The topological polar surface area (TPSA) is 85.6 Å². The summed E-state index contributed by atoms with van der Waals surface area (Å²) in [7, 11) is 0. The zero-order valence-corrected chi connectivity index (χ0v) is 13.8. The summed E-state index contributed by atoms with van der Waals surface area (Å²) >= 11 is 0. The van der Waals surface area contributed by atoms with E-state index < -0.39 is 0 Å². The molecular weight excluding hydrogens is 304 g/mol. The number of amides is 1. The third-order valence-electron chi connectivity index (χ3n) is 3.56. The lowest BCUT2D eigenvalue weighted by molar-refractivity contribution is 0.102. The van der Waals surface area contributed by atoms with Crippen LogP contribution in [0.4, 0.5) is 5.82 Å². The first-order chi connectivity index (χ1) is 11.4. The molecule has 0 spiro atoms. The molecule has 0 radical (unpaired) electrons. The van der Waals surface area contributed by atoms with Gasteiger partial charge in [-0.05, 0) is 23.1 Å². The van der Waals surface area contributed by atoms with Crippen LogP contribution in [0, 0.1) is 0 Å². The average molecular weight is 322 g/mol. The lowest BCUT2D eigenvalue weighted by atomic mass is 9.87. The molecular formula is C17H18N6O. The smallest absolute Gasteiger partial charge is 0.256 e. The maximum atomic E-state index is 12.4. The lowest BCUT2D eigenvalue weighted by Gasteiger charge is -2.19. The van der Waals surface area contributed by atoms with Gasteiger partial charge in [0.2, 0.25) is 0 Å². The molecule has 1 N–H and O–H groups in total.